The Balaban J connectivity index is 1.73. The molecule has 110 valence electrons. The molecule has 1 aliphatic heterocycles. The number of carbonyl (C=O) groups excluding carboxylic acids is 1. The predicted molar refractivity (Wildman–Crippen MR) is 79.7 cm³/mol. The maximum Gasteiger partial charge on any atom is 0.337 e. The molecule has 2 rings (SSSR count). The lowest BCUT2D eigenvalue weighted by molar-refractivity contribution is 0.0600. The zero-order valence-corrected chi connectivity index (χ0v) is 12.4. The van der Waals surface area contributed by atoms with E-state index in [2.05, 4.69) is 21.9 Å². The van der Waals surface area contributed by atoms with E-state index in [-0.39, 0.29) is 5.97 Å². The van der Waals surface area contributed by atoms with E-state index in [1.54, 1.807) is 0 Å². The van der Waals surface area contributed by atoms with E-state index in [1.165, 1.54) is 32.2 Å². The van der Waals surface area contributed by atoms with Crippen molar-refractivity contribution in [3.05, 3.63) is 35.4 Å². The van der Waals surface area contributed by atoms with E-state index >= 15 is 0 Å². The third-order valence-corrected chi connectivity index (χ3v) is 3.95. The lowest BCUT2D eigenvalue weighted by atomic mass is 10.1. The molecule has 0 aromatic heterocycles. The molecule has 20 heavy (non-hydrogen) atoms. The van der Waals surface area contributed by atoms with Gasteiger partial charge in [-0.05, 0) is 49.7 Å². The SMILES string of the molecule is CCN1CCC(CNCc2ccc(C(=O)OC)cc2)C1. The van der Waals surface area contributed by atoms with Gasteiger partial charge in [-0.1, -0.05) is 19.1 Å². The summed E-state index contributed by atoms with van der Waals surface area (Å²) in [4.78, 5) is 13.8. The summed E-state index contributed by atoms with van der Waals surface area (Å²) in [5.41, 5.74) is 1.80. The Kier molecular flexibility index (Phi) is 5.56. The summed E-state index contributed by atoms with van der Waals surface area (Å²) in [6.45, 7) is 7.74. The van der Waals surface area contributed by atoms with Gasteiger partial charge in [-0.2, -0.15) is 0 Å². The molecule has 0 amide bonds. The van der Waals surface area contributed by atoms with Gasteiger partial charge < -0.3 is 15.0 Å². The number of ether oxygens (including phenoxy) is 1. The molecule has 0 saturated carbocycles. The quantitative estimate of drug-likeness (QED) is 0.806. The fourth-order valence-corrected chi connectivity index (χ4v) is 2.66. The second-order valence-electron chi connectivity index (χ2n) is 5.37. The Bertz CT molecular complexity index is 431. The van der Waals surface area contributed by atoms with Crippen LogP contribution in [-0.4, -0.2) is 44.2 Å². The first-order valence-electron chi connectivity index (χ1n) is 7.33. The summed E-state index contributed by atoms with van der Waals surface area (Å²) >= 11 is 0. The molecular weight excluding hydrogens is 252 g/mol. The van der Waals surface area contributed by atoms with E-state index in [9.17, 15) is 4.79 Å². The van der Waals surface area contributed by atoms with Gasteiger partial charge in [-0.3, -0.25) is 0 Å². The van der Waals surface area contributed by atoms with Crippen molar-refractivity contribution >= 4 is 5.97 Å². The average molecular weight is 276 g/mol. The maximum atomic E-state index is 11.3. The van der Waals surface area contributed by atoms with Crippen molar-refractivity contribution < 1.29 is 9.53 Å². The fraction of sp³-hybridized carbons (Fsp3) is 0.562. The molecule has 1 heterocycles. The highest BCUT2D eigenvalue weighted by atomic mass is 16.5. The van der Waals surface area contributed by atoms with Crippen LogP contribution >= 0.6 is 0 Å². The van der Waals surface area contributed by atoms with Gasteiger partial charge in [0.05, 0.1) is 12.7 Å². The molecule has 0 aliphatic carbocycles. The Labute approximate surface area is 121 Å². The van der Waals surface area contributed by atoms with E-state index in [0.717, 1.165) is 25.6 Å². The number of hydrogen-bond acceptors (Lipinski definition) is 4. The van der Waals surface area contributed by atoms with E-state index < -0.39 is 0 Å². The normalized spacial score (nSPS) is 19.2. The molecule has 0 bridgehead atoms. The lowest BCUT2D eigenvalue weighted by Gasteiger charge is -2.13. The molecule has 1 fully saturated rings. The first-order chi connectivity index (χ1) is 9.72. The number of nitrogens with one attached hydrogen (secondary N) is 1. The number of benzene rings is 1. The van der Waals surface area contributed by atoms with Crippen molar-refractivity contribution in [2.45, 2.75) is 19.9 Å². The van der Waals surface area contributed by atoms with Crippen molar-refractivity contribution in [3.8, 4) is 0 Å². The molecule has 0 radical (unpaired) electrons. The van der Waals surface area contributed by atoms with Crippen LogP contribution in [0, 0.1) is 5.92 Å². The number of rotatable bonds is 6. The minimum Gasteiger partial charge on any atom is -0.465 e. The largest absolute Gasteiger partial charge is 0.465 e. The zero-order valence-electron chi connectivity index (χ0n) is 12.4. The van der Waals surface area contributed by atoms with Gasteiger partial charge in [-0.25, -0.2) is 4.79 Å². The maximum absolute atomic E-state index is 11.3. The van der Waals surface area contributed by atoms with E-state index in [1.807, 2.05) is 24.3 Å². The van der Waals surface area contributed by atoms with Crippen LogP contribution < -0.4 is 5.32 Å². The minimum atomic E-state index is -0.282. The summed E-state index contributed by atoms with van der Waals surface area (Å²) < 4.78 is 4.69. The van der Waals surface area contributed by atoms with Crippen LogP contribution in [0.3, 0.4) is 0 Å². The fourth-order valence-electron chi connectivity index (χ4n) is 2.66. The topological polar surface area (TPSA) is 41.6 Å². The van der Waals surface area contributed by atoms with Gasteiger partial charge in [0, 0.05) is 13.1 Å². The Morgan fingerprint density at radius 1 is 1.40 bits per heavy atom. The summed E-state index contributed by atoms with van der Waals surface area (Å²) in [5, 5.41) is 3.51. The molecule has 4 heteroatoms. The molecule has 1 N–H and O–H groups in total. The number of hydrogen-bond donors (Lipinski definition) is 1. The molecule has 1 aromatic carbocycles. The number of likely N-dealkylation sites (tertiary alicyclic amines) is 1. The van der Waals surface area contributed by atoms with Crippen LogP contribution in [0.25, 0.3) is 0 Å². The van der Waals surface area contributed by atoms with Crippen LogP contribution in [0.4, 0.5) is 0 Å². The summed E-state index contributed by atoms with van der Waals surface area (Å²) in [6, 6.07) is 7.59. The van der Waals surface area contributed by atoms with Crippen molar-refractivity contribution in [2.75, 3.05) is 33.3 Å². The third kappa shape index (κ3) is 4.05. The molecular formula is C16H24N2O2. The van der Waals surface area contributed by atoms with Crippen molar-refractivity contribution in [1.82, 2.24) is 10.2 Å². The molecule has 4 nitrogen and oxygen atoms in total. The number of methoxy groups -OCH3 is 1. The smallest absolute Gasteiger partial charge is 0.337 e. The standard InChI is InChI=1S/C16H24N2O2/c1-3-18-9-8-14(12-18)11-17-10-13-4-6-15(7-5-13)16(19)20-2/h4-7,14,17H,3,8-12H2,1-2H3. The predicted octanol–water partition coefficient (Wildman–Crippen LogP) is 1.90. The number of nitrogens with zero attached hydrogens (tertiary/aromatic N) is 1. The van der Waals surface area contributed by atoms with Crippen molar-refractivity contribution in [2.24, 2.45) is 5.92 Å². The highest BCUT2D eigenvalue weighted by molar-refractivity contribution is 5.89. The van der Waals surface area contributed by atoms with Crippen molar-refractivity contribution in [1.29, 1.82) is 0 Å². The Morgan fingerprint density at radius 3 is 2.75 bits per heavy atom. The summed E-state index contributed by atoms with van der Waals surface area (Å²) in [7, 11) is 1.40. The summed E-state index contributed by atoms with van der Waals surface area (Å²) in [6.07, 6.45) is 1.29. The highest BCUT2D eigenvalue weighted by Gasteiger charge is 2.20. The van der Waals surface area contributed by atoms with Gasteiger partial charge in [0.25, 0.3) is 0 Å². The van der Waals surface area contributed by atoms with Gasteiger partial charge in [-0.15, -0.1) is 0 Å². The molecule has 0 spiro atoms. The van der Waals surface area contributed by atoms with Crippen molar-refractivity contribution in [3.63, 3.8) is 0 Å². The van der Waals surface area contributed by atoms with Gasteiger partial charge >= 0.3 is 5.97 Å². The molecule has 1 aromatic rings. The zero-order chi connectivity index (χ0) is 14.4. The van der Waals surface area contributed by atoms with E-state index in [4.69, 9.17) is 0 Å². The highest BCUT2D eigenvalue weighted by Crippen LogP contribution is 2.14. The van der Waals surface area contributed by atoms with Crippen LogP contribution in [0.5, 0.6) is 0 Å². The lowest BCUT2D eigenvalue weighted by Crippen LogP contribution is -2.26. The van der Waals surface area contributed by atoms with Crippen LogP contribution in [0.2, 0.25) is 0 Å². The van der Waals surface area contributed by atoms with Crippen LogP contribution in [0.15, 0.2) is 24.3 Å². The van der Waals surface area contributed by atoms with Crippen LogP contribution in [0.1, 0.15) is 29.3 Å². The Hall–Kier alpha value is -1.39. The molecule has 1 aliphatic rings. The van der Waals surface area contributed by atoms with Gasteiger partial charge in [0.1, 0.15) is 0 Å². The molecule has 1 saturated heterocycles. The average Bonchev–Trinajstić information content (AvgIpc) is 2.95. The number of esters is 1. The molecule has 1 atom stereocenters. The second-order valence-corrected chi connectivity index (χ2v) is 5.37. The Morgan fingerprint density at radius 2 is 2.15 bits per heavy atom. The molecule has 1 unspecified atom stereocenters. The second kappa shape index (κ2) is 7.41. The third-order valence-electron chi connectivity index (χ3n) is 3.95. The number of carbonyl (C=O) groups is 1. The van der Waals surface area contributed by atoms with Crippen LogP contribution in [-0.2, 0) is 11.3 Å². The monoisotopic (exact) mass is 276 g/mol. The minimum absolute atomic E-state index is 0.282. The van der Waals surface area contributed by atoms with E-state index in [0.29, 0.717) is 5.56 Å². The summed E-state index contributed by atoms with van der Waals surface area (Å²) in [5.74, 6) is 0.486. The first kappa shape index (κ1) is 15.0. The van der Waals surface area contributed by atoms with Gasteiger partial charge in [0.2, 0.25) is 0 Å². The first-order valence-corrected chi connectivity index (χ1v) is 7.33. The van der Waals surface area contributed by atoms with Gasteiger partial charge in [0.15, 0.2) is 0 Å².